The molecule has 0 amide bonds. The first-order valence-corrected chi connectivity index (χ1v) is 6.60. The average Bonchev–Trinajstić information content (AvgIpc) is 2.87. The van der Waals surface area contributed by atoms with Gasteiger partial charge < -0.3 is 5.32 Å². The molecule has 18 heavy (non-hydrogen) atoms. The Bertz CT molecular complexity index is 569. The molecule has 2 aromatic heterocycles. The fourth-order valence-corrected chi connectivity index (χ4v) is 2.34. The fourth-order valence-electron chi connectivity index (χ4n) is 1.63. The lowest BCUT2D eigenvalue weighted by Crippen LogP contribution is -2.10. The van der Waals surface area contributed by atoms with Gasteiger partial charge in [-0.2, -0.15) is 10.4 Å². The normalized spacial score (nSPS) is 10.1. The molecule has 0 spiro atoms. The number of aromatic nitrogens is 2. The molecule has 2 rings (SSSR count). The van der Waals surface area contributed by atoms with E-state index >= 15 is 0 Å². The first kappa shape index (κ1) is 12.5. The van der Waals surface area contributed by atoms with Crippen molar-refractivity contribution in [1.82, 2.24) is 10.2 Å². The molecule has 2 heterocycles. The number of nitrogens with zero attached hydrogens (tertiary/aromatic N) is 3. The molecule has 0 radical (unpaired) electrons. The summed E-state index contributed by atoms with van der Waals surface area (Å²) in [5, 5.41) is 22.5. The predicted molar refractivity (Wildman–Crippen MR) is 72.7 cm³/mol. The number of nitrogens with one attached hydrogen (secondary N) is 1. The second-order valence-corrected chi connectivity index (χ2v) is 5.03. The number of nitriles is 1. The Balaban J connectivity index is 2.06. The van der Waals surface area contributed by atoms with Gasteiger partial charge in [-0.1, -0.05) is 6.07 Å². The summed E-state index contributed by atoms with van der Waals surface area (Å²) in [5.74, 6) is 0.581. The maximum atomic E-state index is 9.15. The summed E-state index contributed by atoms with van der Waals surface area (Å²) < 4.78 is 0. The molecule has 92 valence electrons. The summed E-state index contributed by atoms with van der Waals surface area (Å²) in [7, 11) is 0. The van der Waals surface area contributed by atoms with Crippen LogP contribution in [-0.4, -0.2) is 16.7 Å². The molecule has 0 aliphatic rings. The van der Waals surface area contributed by atoms with E-state index in [-0.39, 0.29) is 0 Å². The van der Waals surface area contributed by atoms with E-state index in [9.17, 15) is 0 Å². The van der Waals surface area contributed by atoms with Gasteiger partial charge in [0.1, 0.15) is 11.6 Å². The van der Waals surface area contributed by atoms with Gasteiger partial charge in [0.25, 0.3) is 0 Å². The summed E-state index contributed by atoms with van der Waals surface area (Å²) in [5.41, 5.74) is 2.29. The van der Waals surface area contributed by atoms with Gasteiger partial charge >= 0.3 is 0 Å². The van der Waals surface area contributed by atoms with Gasteiger partial charge in [-0.25, -0.2) is 0 Å². The molecule has 5 heteroatoms. The molecule has 0 aliphatic heterocycles. The van der Waals surface area contributed by atoms with Crippen LogP contribution in [0.25, 0.3) is 0 Å². The summed E-state index contributed by atoms with van der Waals surface area (Å²) in [4.78, 5) is 1.32. The third-order valence-corrected chi connectivity index (χ3v) is 3.75. The van der Waals surface area contributed by atoms with Gasteiger partial charge in [0.05, 0.1) is 5.69 Å². The molecule has 1 N–H and O–H groups in total. The second kappa shape index (κ2) is 5.61. The molecule has 0 fully saturated rings. The third kappa shape index (κ3) is 2.66. The van der Waals surface area contributed by atoms with E-state index in [1.165, 1.54) is 4.88 Å². The zero-order valence-electron chi connectivity index (χ0n) is 10.4. The molecule has 0 aliphatic carbocycles. The van der Waals surface area contributed by atoms with Gasteiger partial charge in [0, 0.05) is 11.4 Å². The molecule has 0 bridgehead atoms. The Labute approximate surface area is 110 Å². The highest BCUT2D eigenvalue weighted by atomic mass is 32.1. The Hall–Kier alpha value is -1.93. The van der Waals surface area contributed by atoms with Crippen molar-refractivity contribution < 1.29 is 0 Å². The van der Waals surface area contributed by atoms with Crippen LogP contribution in [0.3, 0.4) is 0 Å². The van der Waals surface area contributed by atoms with Gasteiger partial charge in [0.2, 0.25) is 0 Å². The van der Waals surface area contributed by atoms with E-state index in [0.29, 0.717) is 11.4 Å². The van der Waals surface area contributed by atoms with Crippen molar-refractivity contribution in [3.63, 3.8) is 0 Å². The lowest BCUT2D eigenvalue weighted by Gasteiger charge is -2.08. The Morgan fingerprint density at radius 3 is 2.89 bits per heavy atom. The van der Waals surface area contributed by atoms with Crippen molar-refractivity contribution in [2.45, 2.75) is 20.3 Å². The van der Waals surface area contributed by atoms with Crippen molar-refractivity contribution in [3.8, 4) is 6.07 Å². The lowest BCUT2D eigenvalue weighted by molar-refractivity contribution is 0.932. The summed E-state index contributed by atoms with van der Waals surface area (Å²) in [6.07, 6.45) is 0.928. The van der Waals surface area contributed by atoms with Crippen LogP contribution in [0.4, 0.5) is 5.82 Å². The zero-order chi connectivity index (χ0) is 13.0. The van der Waals surface area contributed by atoms with E-state index < -0.39 is 0 Å². The number of thiophene rings is 1. The SMILES string of the molecule is Cc1nnc(NCCc2cccs2)c(C#N)c1C. The minimum absolute atomic E-state index is 0.581. The molecular formula is C13H14N4S. The summed E-state index contributed by atoms with van der Waals surface area (Å²) in [6, 6.07) is 6.33. The largest absolute Gasteiger partial charge is 0.367 e. The van der Waals surface area contributed by atoms with E-state index in [4.69, 9.17) is 5.26 Å². The van der Waals surface area contributed by atoms with Gasteiger partial charge in [-0.3, -0.25) is 0 Å². The van der Waals surface area contributed by atoms with E-state index in [0.717, 1.165) is 24.2 Å². The monoisotopic (exact) mass is 258 g/mol. The predicted octanol–water partition coefficient (Wildman–Crippen LogP) is 2.68. The topological polar surface area (TPSA) is 61.6 Å². The van der Waals surface area contributed by atoms with E-state index in [2.05, 4.69) is 33.0 Å². The molecule has 0 saturated heterocycles. The molecular weight excluding hydrogens is 244 g/mol. The van der Waals surface area contributed by atoms with Crippen LogP contribution in [0.15, 0.2) is 17.5 Å². The first-order chi connectivity index (χ1) is 8.72. The Morgan fingerprint density at radius 2 is 2.22 bits per heavy atom. The highest BCUT2D eigenvalue weighted by Crippen LogP contribution is 2.17. The second-order valence-electron chi connectivity index (χ2n) is 4.00. The molecule has 2 aromatic rings. The average molecular weight is 258 g/mol. The standard InChI is InChI=1S/C13H14N4S/c1-9-10(2)16-17-13(12(9)8-14)15-6-5-11-4-3-7-18-11/h3-4,7H,5-6H2,1-2H3,(H,15,17). The Morgan fingerprint density at radius 1 is 1.39 bits per heavy atom. The number of aryl methyl sites for hydroxylation is 1. The number of rotatable bonds is 4. The van der Waals surface area contributed by atoms with Crippen molar-refractivity contribution in [3.05, 3.63) is 39.2 Å². The first-order valence-electron chi connectivity index (χ1n) is 5.72. The zero-order valence-corrected chi connectivity index (χ0v) is 11.2. The van der Waals surface area contributed by atoms with Crippen molar-refractivity contribution >= 4 is 17.2 Å². The molecule has 0 atom stereocenters. The van der Waals surface area contributed by atoms with E-state index in [1.807, 2.05) is 19.9 Å². The van der Waals surface area contributed by atoms with Crippen LogP contribution in [-0.2, 0) is 6.42 Å². The van der Waals surface area contributed by atoms with E-state index in [1.54, 1.807) is 11.3 Å². The molecule has 4 nitrogen and oxygen atoms in total. The molecule has 0 saturated carbocycles. The third-order valence-electron chi connectivity index (χ3n) is 2.81. The maximum Gasteiger partial charge on any atom is 0.166 e. The number of hydrogen-bond donors (Lipinski definition) is 1. The Kier molecular flexibility index (Phi) is 3.90. The van der Waals surface area contributed by atoms with Crippen molar-refractivity contribution in [1.29, 1.82) is 5.26 Å². The van der Waals surface area contributed by atoms with Crippen LogP contribution in [0.2, 0.25) is 0 Å². The molecule has 0 unspecified atom stereocenters. The highest BCUT2D eigenvalue weighted by Gasteiger charge is 2.09. The van der Waals surface area contributed by atoms with Crippen LogP contribution in [0, 0.1) is 25.2 Å². The van der Waals surface area contributed by atoms with Gasteiger partial charge in [0.15, 0.2) is 5.82 Å². The smallest absolute Gasteiger partial charge is 0.166 e. The number of anilines is 1. The summed E-state index contributed by atoms with van der Waals surface area (Å²) >= 11 is 1.73. The van der Waals surface area contributed by atoms with Crippen LogP contribution < -0.4 is 5.32 Å². The van der Waals surface area contributed by atoms with Gasteiger partial charge in [-0.05, 0) is 37.3 Å². The van der Waals surface area contributed by atoms with Crippen LogP contribution in [0.1, 0.15) is 21.7 Å². The van der Waals surface area contributed by atoms with Crippen molar-refractivity contribution in [2.24, 2.45) is 0 Å². The fraction of sp³-hybridized carbons (Fsp3) is 0.308. The minimum Gasteiger partial charge on any atom is -0.367 e. The van der Waals surface area contributed by atoms with Crippen LogP contribution >= 0.6 is 11.3 Å². The molecule has 0 aromatic carbocycles. The summed E-state index contributed by atoms with van der Waals surface area (Å²) in [6.45, 7) is 4.51. The lowest BCUT2D eigenvalue weighted by atomic mass is 10.1. The highest BCUT2D eigenvalue weighted by molar-refractivity contribution is 7.09. The number of hydrogen-bond acceptors (Lipinski definition) is 5. The van der Waals surface area contributed by atoms with Crippen molar-refractivity contribution in [2.75, 3.05) is 11.9 Å². The van der Waals surface area contributed by atoms with Crippen LogP contribution in [0.5, 0.6) is 0 Å². The van der Waals surface area contributed by atoms with Gasteiger partial charge in [-0.15, -0.1) is 16.4 Å². The maximum absolute atomic E-state index is 9.15. The quantitative estimate of drug-likeness (QED) is 0.916. The minimum atomic E-state index is 0.581.